The summed E-state index contributed by atoms with van der Waals surface area (Å²) in [5.74, 6) is 0.549. The third kappa shape index (κ3) is 7.83. The number of hydrogen-bond donors (Lipinski definition) is 1. The molecular formula is C27H31BrN2O4S. The molecule has 186 valence electrons. The summed E-state index contributed by atoms with van der Waals surface area (Å²) in [5.41, 5.74) is 3.16. The van der Waals surface area contributed by atoms with Crippen molar-refractivity contribution in [3.05, 3.63) is 94.0 Å². The van der Waals surface area contributed by atoms with E-state index in [0.717, 1.165) is 15.8 Å². The Morgan fingerprint density at radius 1 is 1.00 bits per heavy atom. The van der Waals surface area contributed by atoms with Crippen LogP contribution in [0.2, 0.25) is 0 Å². The number of benzene rings is 3. The van der Waals surface area contributed by atoms with E-state index in [-0.39, 0.29) is 17.9 Å². The normalized spacial score (nSPS) is 11.7. The number of anilines is 1. The molecule has 1 N–H and O–H groups in total. The minimum absolute atomic E-state index is 0.0871. The zero-order valence-corrected chi connectivity index (χ0v) is 22.8. The highest BCUT2D eigenvalue weighted by atomic mass is 79.9. The topological polar surface area (TPSA) is 75.7 Å². The first-order chi connectivity index (χ1) is 16.4. The Morgan fingerprint density at radius 2 is 1.66 bits per heavy atom. The molecule has 0 unspecified atom stereocenters. The van der Waals surface area contributed by atoms with Crippen LogP contribution < -0.4 is 14.4 Å². The third-order valence-corrected chi connectivity index (χ3v) is 7.05. The van der Waals surface area contributed by atoms with E-state index in [2.05, 4.69) is 54.2 Å². The van der Waals surface area contributed by atoms with Gasteiger partial charge in [0.05, 0.1) is 25.0 Å². The van der Waals surface area contributed by atoms with Crippen LogP contribution in [0.4, 0.5) is 5.69 Å². The van der Waals surface area contributed by atoms with Crippen LogP contribution >= 0.6 is 15.9 Å². The highest BCUT2D eigenvalue weighted by molar-refractivity contribution is 9.10. The van der Waals surface area contributed by atoms with E-state index in [4.69, 9.17) is 4.74 Å². The molecule has 0 aromatic heterocycles. The Hall–Kier alpha value is -2.84. The Labute approximate surface area is 216 Å². The molecule has 6 nitrogen and oxygen atoms in total. The van der Waals surface area contributed by atoms with Gasteiger partial charge in [-0.2, -0.15) is 0 Å². The van der Waals surface area contributed by atoms with Gasteiger partial charge in [0.15, 0.2) is 0 Å². The lowest BCUT2D eigenvalue weighted by molar-refractivity contribution is 0.0947. The lowest BCUT2D eigenvalue weighted by Crippen LogP contribution is -2.29. The molecule has 0 aliphatic carbocycles. The molecule has 35 heavy (non-hydrogen) atoms. The molecule has 3 rings (SSSR count). The van der Waals surface area contributed by atoms with Crippen LogP contribution in [0.1, 0.15) is 42.3 Å². The average Bonchev–Trinajstić information content (AvgIpc) is 2.79. The number of halogens is 1. The summed E-state index contributed by atoms with van der Waals surface area (Å²) in [5, 5.41) is 2.85. The van der Waals surface area contributed by atoms with Crippen LogP contribution in [0.3, 0.4) is 0 Å². The minimum Gasteiger partial charge on any atom is -0.492 e. The fourth-order valence-electron chi connectivity index (χ4n) is 3.45. The number of amides is 1. The van der Waals surface area contributed by atoms with Crippen molar-refractivity contribution >= 4 is 37.5 Å². The second kappa shape index (κ2) is 11.3. The summed E-state index contributed by atoms with van der Waals surface area (Å²) in [6, 6.07) is 22.0. The van der Waals surface area contributed by atoms with Gasteiger partial charge in [-0.15, -0.1) is 0 Å². The highest BCUT2D eigenvalue weighted by Crippen LogP contribution is 2.25. The maximum Gasteiger partial charge on any atom is 0.251 e. The van der Waals surface area contributed by atoms with Crippen LogP contribution in [0.5, 0.6) is 5.75 Å². The van der Waals surface area contributed by atoms with E-state index in [1.54, 1.807) is 42.5 Å². The average molecular weight is 560 g/mol. The number of sulfonamides is 1. The van der Waals surface area contributed by atoms with Crippen molar-refractivity contribution in [3.63, 3.8) is 0 Å². The van der Waals surface area contributed by atoms with Crippen molar-refractivity contribution < 1.29 is 17.9 Å². The summed E-state index contributed by atoms with van der Waals surface area (Å²) in [4.78, 5) is 12.5. The molecule has 0 heterocycles. The van der Waals surface area contributed by atoms with Crippen LogP contribution in [0.15, 0.2) is 77.3 Å². The van der Waals surface area contributed by atoms with Gasteiger partial charge >= 0.3 is 0 Å². The van der Waals surface area contributed by atoms with Crippen molar-refractivity contribution in [2.75, 3.05) is 23.7 Å². The second-order valence-corrected chi connectivity index (χ2v) is 12.1. The Kier molecular flexibility index (Phi) is 8.61. The van der Waals surface area contributed by atoms with Gasteiger partial charge in [-0.1, -0.05) is 67.0 Å². The number of nitrogens with zero attached hydrogens (tertiary/aromatic N) is 1. The van der Waals surface area contributed by atoms with Gasteiger partial charge in [-0.25, -0.2) is 8.42 Å². The van der Waals surface area contributed by atoms with E-state index < -0.39 is 10.0 Å². The van der Waals surface area contributed by atoms with Gasteiger partial charge in [-0.3, -0.25) is 9.10 Å². The van der Waals surface area contributed by atoms with Crippen LogP contribution in [-0.4, -0.2) is 33.7 Å². The van der Waals surface area contributed by atoms with Crippen molar-refractivity contribution in [2.45, 2.75) is 32.7 Å². The summed E-state index contributed by atoms with van der Waals surface area (Å²) in [6.07, 6.45) is 1.18. The van der Waals surface area contributed by atoms with Crippen molar-refractivity contribution in [1.29, 1.82) is 0 Å². The maximum atomic E-state index is 12.5. The van der Waals surface area contributed by atoms with Crippen LogP contribution in [0.25, 0.3) is 0 Å². The lowest BCUT2D eigenvalue weighted by atomic mass is 9.87. The summed E-state index contributed by atoms with van der Waals surface area (Å²) in [6.45, 7) is 7.37. The second-order valence-electron chi connectivity index (χ2n) is 9.33. The smallest absolute Gasteiger partial charge is 0.251 e. The van der Waals surface area contributed by atoms with Crippen molar-refractivity contribution in [3.8, 4) is 5.75 Å². The van der Waals surface area contributed by atoms with E-state index in [1.165, 1.54) is 16.1 Å². The molecule has 0 aliphatic rings. The Bertz CT molecular complexity index is 1250. The summed E-state index contributed by atoms with van der Waals surface area (Å²) < 4.78 is 32.6. The Morgan fingerprint density at radius 3 is 2.23 bits per heavy atom. The molecule has 1 amide bonds. The van der Waals surface area contributed by atoms with Gasteiger partial charge in [0.1, 0.15) is 12.4 Å². The predicted octanol–water partition coefficient (Wildman–Crippen LogP) is 5.52. The largest absolute Gasteiger partial charge is 0.492 e. The number of hydrogen-bond acceptors (Lipinski definition) is 4. The van der Waals surface area contributed by atoms with E-state index in [1.807, 2.05) is 18.2 Å². The molecular weight excluding hydrogens is 528 g/mol. The molecule has 0 saturated carbocycles. The zero-order valence-electron chi connectivity index (χ0n) is 20.4. The first kappa shape index (κ1) is 26.8. The standard InChI is InChI=1S/C27H31BrN2O4S/c1-27(2,3)22-12-14-25(15-13-22)34-17-16-29-26(31)21-10-8-20(9-11-21)19-30(35(4,32)33)24-7-5-6-23(28)18-24/h5-15,18H,16-17,19H2,1-4H3,(H,29,31). The van der Waals surface area contributed by atoms with Crippen molar-refractivity contribution in [2.24, 2.45) is 0 Å². The van der Waals surface area contributed by atoms with E-state index in [0.29, 0.717) is 24.4 Å². The molecule has 0 spiro atoms. The molecule has 8 heteroatoms. The zero-order chi connectivity index (χ0) is 25.6. The van der Waals surface area contributed by atoms with Crippen LogP contribution in [0, 0.1) is 0 Å². The van der Waals surface area contributed by atoms with E-state index in [9.17, 15) is 13.2 Å². The van der Waals surface area contributed by atoms with Gasteiger partial charge in [0.25, 0.3) is 5.91 Å². The SMILES string of the molecule is CC(C)(C)c1ccc(OCCNC(=O)c2ccc(CN(c3cccc(Br)c3)S(C)(=O)=O)cc2)cc1. The lowest BCUT2D eigenvalue weighted by Gasteiger charge is -2.23. The van der Waals surface area contributed by atoms with Gasteiger partial charge in [-0.05, 0) is 59.0 Å². The van der Waals surface area contributed by atoms with Gasteiger partial charge < -0.3 is 10.1 Å². The van der Waals surface area contributed by atoms with Crippen molar-refractivity contribution in [1.82, 2.24) is 5.32 Å². The fourth-order valence-corrected chi connectivity index (χ4v) is 4.71. The molecule has 0 radical (unpaired) electrons. The van der Waals surface area contributed by atoms with E-state index >= 15 is 0 Å². The predicted molar refractivity (Wildman–Crippen MR) is 145 cm³/mol. The third-order valence-electron chi connectivity index (χ3n) is 5.42. The fraction of sp³-hybridized carbons (Fsp3) is 0.296. The molecule has 0 atom stereocenters. The number of ether oxygens (including phenoxy) is 1. The first-order valence-corrected chi connectivity index (χ1v) is 13.9. The van der Waals surface area contributed by atoms with Gasteiger partial charge in [0, 0.05) is 10.0 Å². The van der Waals surface area contributed by atoms with Gasteiger partial charge in [0.2, 0.25) is 10.0 Å². The first-order valence-electron chi connectivity index (χ1n) is 11.3. The number of carbonyl (C=O) groups is 1. The molecule has 3 aromatic rings. The number of nitrogens with one attached hydrogen (secondary N) is 1. The maximum absolute atomic E-state index is 12.5. The molecule has 0 fully saturated rings. The molecule has 0 aliphatic heterocycles. The monoisotopic (exact) mass is 558 g/mol. The molecule has 0 saturated heterocycles. The molecule has 3 aromatic carbocycles. The molecule has 0 bridgehead atoms. The minimum atomic E-state index is -3.49. The number of carbonyl (C=O) groups excluding carboxylic acids is 1. The highest BCUT2D eigenvalue weighted by Gasteiger charge is 2.18. The quantitative estimate of drug-likeness (QED) is 0.351. The Balaban J connectivity index is 1.53. The summed E-state index contributed by atoms with van der Waals surface area (Å²) >= 11 is 3.38. The summed E-state index contributed by atoms with van der Waals surface area (Å²) in [7, 11) is -3.49. The van der Waals surface area contributed by atoms with Crippen LogP contribution in [-0.2, 0) is 22.0 Å². The number of rotatable bonds is 9.